The van der Waals surface area contributed by atoms with E-state index in [1.165, 1.54) is 4.90 Å². The molecule has 1 aromatic carbocycles. The lowest BCUT2D eigenvalue weighted by molar-refractivity contribution is -0.123. The Bertz CT molecular complexity index is 871. The van der Waals surface area contributed by atoms with Crippen molar-refractivity contribution in [1.29, 1.82) is 0 Å². The van der Waals surface area contributed by atoms with Gasteiger partial charge in [0.25, 0.3) is 5.91 Å². The van der Waals surface area contributed by atoms with Crippen molar-refractivity contribution >= 4 is 46.7 Å². The molecular formula is C18H17Cl2N5O2. The van der Waals surface area contributed by atoms with Crippen LogP contribution >= 0.6 is 23.2 Å². The standard InChI is InChI=1S/C18H17Cl2N5O2/c19-13-3-2-12(10-14(13)20)25-16(26)11-15(17(25)27)23-6-8-24(9-7-23)18-21-4-1-5-22-18/h1-5,10,15H,6-9,11H2/t15-/m0/s1. The van der Waals surface area contributed by atoms with E-state index in [1.54, 1.807) is 36.7 Å². The van der Waals surface area contributed by atoms with Gasteiger partial charge in [-0.2, -0.15) is 0 Å². The molecule has 27 heavy (non-hydrogen) atoms. The van der Waals surface area contributed by atoms with E-state index in [9.17, 15) is 9.59 Å². The third kappa shape index (κ3) is 3.50. The number of anilines is 2. The first-order valence-electron chi connectivity index (χ1n) is 8.62. The smallest absolute Gasteiger partial charge is 0.251 e. The van der Waals surface area contributed by atoms with Crippen LogP contribution in [0.3, 0.4) is 0 Å². The third-order valence-electron chi connectivity index (χ3n) is 4.87. The zero-order valence-corrected chi connectivity index (χ0v) is 15.9. The summed E-state index contributed by atoms with van der Waals surface area (Å²) < 4.78 is 0. The minimum absolute atomic E-state index is 0.168. The average Bonchev–Trinajstić information content (AvgIpc) is 2.99. The summed E-state index contributed by atoms with van der Waals surface area (Å²) in [6, 6.07) is 6.10. The second-order valence-corrected chi connectivity index (χ2v) is 7.27. The Morgan fingerprint density at radius 3 is 2.33 bits per heavy atom. The van der Waals surface area contributed by atoms with Crippen LogP contribution in [0.4, 0.5) is 11.6 Å². The molecule has 140 valence electrons. The van der Waals surface area contributed by atoms with Gasteiger partial charge in [0, 0.05) is 38.6 Å². The average molecular weight is 406 g/mol. The first kappa shape index (κ1) is 18.2. The molecule has 2 aliphatic heterocycles. The van der Waals surface area contributed by atoms with Gasteiger partial charge in [-0.15, -0.1) is 0 Å². The molecule has 7 nitrogen and oxygen atoms in total. The number of aromatic nitrogens is 2. The van der Waals surface area contributed by atoms with Gasteiger partial charge in [0.1, 0.15) is 0 Å². The van der Waals surface area contributed by atoms with Crippen molar-refractivity contribution in [2.24, 2.45) is 0 Å². The summed E-state index contributed by atoms with van der Waals surface area (Å²) in [4.78, 5) is 39.3. The highest BCUT2D eigenvalue weighted by Gasteiger charge is 2.43. The van der Waals surface area contributed by atoms with Crippen LogP contribution in [0, 0.1) is 0 Å². The van der Waals surface area contributed by atoms with Crippen molar-refractivity contribution in [2.75, 3.05) is 36.0 Å². The third-order valence-corrected chi connectivity index (χ3v) is 5.61. The molecule has 4 rings (SSSR count). The van der Waals surface area contributed by atoms with Gasteiger partial charge in [-0.05, 0) is 24.3 Å². The summed E-state index contributed by atoms with van der Waals surface area (Å²) in [5, 5.41) is 0.699. The van der Waals surface area contributed by atoms with E-state index in [4.69, 9.17) is 23.2 Å². The van der Waals surface area contributed by atoms with Crippen LogP contribution in [0.2, 0.25) is 10.0 Å². The number of rotatable bonds is 3. The summed E-state index contributed by atoms with van der Waals surface area (Å²) in [6.45, 7) is 2.73. The topological polar surface area (TPSA) is 69.6 Å². The molecule has 0 N–H and O–H groups in total. The van der Waals surface area contributed by atoms with Crippen molar-refractivity contribution in [3.8, 4) is 0 Å². The highest BCUT2D eigenvalue weighted by Crippen LogP contribution is 2.31. The molecular weight excluding hydrogens is 389 g/mol. The summed E-state index contributed by atoms with van der Waals surface area (Å²) in [5.74, 6) is 0.239. The van der Waals surface area contributed by atoms with Crippen LogP contribution < -0.4 is 9.80 Å². The Kier molecular flexibility index (Phi) is 4.99. The maximum Gasteiger partial charge on any atom is 0.251 e. The van der Waals surface area contributed by atoms with Crippen LogP contribution in [-0.2, 0) is 9.59 Å². The molecule has 2 amide bonds. The van der Waals surface area contributed by atoms with E-state index >= 15 is 0 Å². The molecule has 0 spiro atoms. The normalized spacial score (nSPS) is 21.2. The summed E-state index contributed by atoms with van der Waals surface area (Å²) in [7, 11) is 0. The zero-order valence-electron chi connectivity index (χ0n) is 14.4. The second kappa shape index (κ2) is 7.42. The molecule has 0 bridgehead atoms. The van der Waals surface area contributed by atoms with Gasteiger partial charge in [0.05, 0.1) is 28.2 Å². The van der Waals surface area contributed by atoms with Crippen molar-refractivity contribution < 1.29 is 9.59 Å². The van der Waals surface area contributed by atoms with Crippen LogP contribution in [0.5, 0.6) is 0 Å². The molecule has 0 saturated carbocycles. The fourth-order valence-electron chi connectivity index (χ4n) is 3.48. The number of benzene rings is 1. The molecule has 3 heterocycles. The number of nitrogens with zero attached hydrogens (tertiary/aromatic N) is 5. The predicted molar refractivity (Wildman–Crippen MR) is 103 cm³/mol. The number of carbonyl (C=O) groups excluding carboxylic acids is 2. The van der Waals surface area contributed by atoms with E-state index < -0.39 is 6.04 Å². The molecule has 2 fully saturated rings. The van der Waals surface area contributed by atoms with Gasteiger partial charge in [-0.1, -0.05) is 23.2 Å². The van der Waals surface area contributed by atoms with Gasteiger partial charge in [-0.25, -0.2) is 14.9 Å². The Hall–Kier alpha value is -2.22. The quantitative estimate of drug-likeness (QED) is 0.729. The molecule has 0 aliphatic carbocycles. The fraction of sp³-hybridized carbons (Fsp3) is 0.333. The van der Waals surface area contributed by atoms with E-state index in [2.05, 4.69) is 19.8 Å². The largest absolute Gasteiger partial charge is 0.338 e. The number of imide groups is 1. The molecule has 0 unspecified atom stereocenters. The number of carbonyl (C=O) groups is 2. The van der Waals surface area contributed by atoms with Crippen molar-refractivity contribution in [3.63, 3.8) is 0 Å². The van der Waals surface area contributed by atoms with Gasteiger partial charge < -0.3 is 4.90 Å². The molecule has 1 aromatic heterocycles. The highest BCUT2D eigenvalue weighted by molar-refractivity contribution is 6.42. The number of hydrogen-bond donors (Lipinski definition) is 0. The number of amides is 2. The van der Waals surface area contributed by atoms with Crippen molar-refractivity contribution in [2.45, 2.75) is 12.5 Å². The maximum atomic E-state index is 12.9. The van der Waals surface area contributed by atoms with Crippen LogP contribution in [0.25, 0.3) is 0 Å². The lowest BCUT2D eigenvalue weighted by Crippen LogP contribution is -2.53. The molecule has 2 aliphatic rings. The SMILES string of the molecule is O=C1C[C@H](N2CCN(c3ncccn3)CC2)C(=O)N1c1ccc(Cl)c(Cl)c1. The highest BCUT2D eigenvalue weighted by atomic mass is 35.5. The Morgan fingerprint density at radius 1 is 0.963 bits per heavy atom. The molecule has 2 aromatic rings. The number of hydrogen-bond acceptors (Lipinski definition) is 6. The summed E-state index contributed by atoms with van der Waals surface area (Å²) in [5.41, 5.74) is 0.457. The minimum atomic E-state index is -0.453. The van der Waals surface area contributed by atoms with Gasteiger partial charge in [-0.3, -0.25) is 14.5 Å². The monoisotopic (exact) mass is 405 g/mol. The van der Waals surface area contributed by atoms with E-state index in [1.807, 2.05) is 0 Å². The fourth-order valence-corrected chi connectivity index (χ4v) is 3.78. The summed E-state index contributed by atoms with van der Waals surface area (Å²) >= 11 is 12.0. The number of halogens is 2. The lowest BCUT2D eigenvalue weighted by Gasteiger charge is -2.36. The van der Waals surface area contributed by atoms with Crippen LogP contribution in [0.15, 0.2) is 36.7 Å². The van der Waals surface area contributed by atoms with E-state index in [-0.39, 0.29) is 18.2 Å². The van der Waals surface area contributed by atoms with E-state index in [0.29, 0.717) is 47.9 Å². The first-order valence-corrected chi connectivity index (χ1v) is 9.38. The Labute approximate surface area is 166 Å². The van der Waals surface area contributed by atoms with Crippen LogP contribution in [-0.4, -0.2) is 58.9 Å². The molecule has 9 heteroatoms. The van der Waals surface area contributed by atoms with Gasteiger partial charge >= 0.3 is 0 Å². The van der Waals surface area contributed by atoms with Crippen molar-refractivity contribution in [1.82, 2.24) is 14.9 Å². The second-order valence-electron chi connectivity index (χ2n) is 6.46. The van der Waals surface area contributed by atoms with Crippen LogP contribution in [0.1, 0.15) is 6.42 Å². The Morgan fingerprint density at radius 2 is 1.67 bits per heavy atom. The molecule has 1 atom stereocenters. The first-order chi connectivity index (χ1) is 13.0. The summed E-state index contributed by atoms with van der Waals surface area (Å²) in [6.07, 6.45) is 3.59. The van der Waals surface area contributed by atoms with Crippen molar-refractivity contribution in [3.05, 3.63) is 46.7 Å². The lowest BCUT2D eigenvalue weighted by atomic mass is 10.2. The van der Waals surface area contributed by atoms with Gasteiger partial charge in [0.15, 0.2) is 0 Å². The Balaban J connectivity index is 1.45. The minimum Gasteiger partial charge on any atom is -0.338 e. The molecule has 2 saturated heterocycles. The predicted octanol–water partition coefficient (Wildman–Crippen LogP) is 2.24. The molecule has 0 radical (unpaired) electrons. The maximum absolute atomic E-state index is 12.9. The zero-order chi connectivity index (χ0) is 19.0. The van der Waals surface area contributed by atoms with Gasteiger partial charge in [0.2, 0.25) is 11.9 Å². The number of piperazine rings is 1. The van der Waals surface area contributed by atoms with E-state index in [0.717, 1.165) is 0 Å².